The SMILES string of the molecule is CN(C)CC(O)CC(F)(F)F.[Ni]. The number of likely N-dealkylation sites (N-methyl/N-ethyl adjacent to an activating group) is 1. The molecule has 0 aromatic rings. The van der Waals surface area contributed by atoms with Crippen LogP contribution in [0, 0.1) is 0 Å². The fourth-order valence-corrected chi connectivity index (χ4v) is 0.753. The van der Waals surface area contributed by atoms with Crippen LogP contribution < -0.4 is 0 Å². The molecule has 0 aliphatic heterocycles. The minimum Gasteiger partial charge on any atom is -0.391 e. The number of rotatable bonds is 3. The Labute approximate surface area is 79.7 Å². The Morgan fingerprint density at radius 2 is 1.75 bits per heavy atom. The minimum absolute atomic E-state index is 0. The van der Waals surface area contributed by atoms with Gasteiger partial charge in [-0.25, -0.2) is 0 Å². The smallest absolute Gasteiger partial charge is 0.391 e. The second kappa shape index (κ2) is 5.78. The van der Waals surface area contributed by atoms with Gasteiger partial charge in [0.25, 0.3) is 0 Å². The number of alkyl halides is 3. The average molecular weight is 230 g/mol. The van der Waals surface area contributed by atoms with E-state index in [1.165, 1.54) is 4.90 Å². The average Bonchev–Trinajstić information content (AvgIpc) is 1.53. The van der Waals surface area contributed by atoms with Crippen LogP contribution in [0.5, 0.6) is 0 Å². The third-order valence-electron chi connectivity index (χ3n) is 1.04. The number of nitrogens with zero attached hydrogens (tertiary/aromatic N) is 1. The van der Waals surface area contributed by atoms with Crippen LogP contribution in [0.2, 0.25) is 0 Å². The van der Waals surface area contributed by atoms with E-state index in [4.69, 9.17) is 5.11 Å². The third-order valence-corrected chi connectivity index (χ3v) is 1.04. The molecule has 0 rings (SSSR count). The summed E-state index contributed by atoms with van der Waals surface area (Å²) in [4.78, 5) is 1.51. The number of aliphatic hydroxyl groups is 1. The van der Waals surface area contributed by atoms with Gasteiger partial charge in [0.05, 0.1) is 12.5 Å². The summed E-state index contributed by atoms with van der Waals surface area (Å²) in [5.41, 5.74) is 0. The van der Waals surface area contributed by atoms with Crippen molar-refractivity contribution < 1.29 is 34.8 Å². The molecule has 0 heterocycles. The minimum atomic E-state index is -4.27. The van der Waals surface area contributed by atoms with E-state index >= 15 is 0 Å². The van der Waals surface area contributed by atoms with Crippen LogP contribution in [-0.4, -0.2) is 42.9 Å². The number of hydrogen-bond donors (Lipinski definition) is 1. The molecule has 1 atom stereocenters. The van der Waals surface area contributed by atoms with Gasteiger partial charge < -0.3 is 10.0 Å². The molecule has 0 aromatic carbocycles. The molecule has 78 valence electrons. The molecule has 0 aliphatic rings. The molecule has 1 unspecified atom stereocenters. The van der Waals surface area contributed by atoms with Crippen LogP contribution in [0.4, 0.5) is 13.2 Å². The first-order valence-corrected chi connectivity index (χ1v) is 3.21. The van der Waals surface area contributed by atoms with E-state index in [0.717, 1.165) is 0 Å². The van der Waals surface area contributed by atoms with Crippen molar-refractivity contribution in [3.8, 4) is 0 Å². The summed E-state index contributed by atoms with van der Waals surface area (Å²) in [6, 6.07) is 0. The molecule has 0 amide bonds. The normalized spacial score (nSPS) is 14.2. The summed E-state index contributed by atoms with van der Waals surface area (Å²) in [5.74, 6) is 0. The summed E-state index contributed by atoms with van der Waals surface area (Å²) in [6.45, 7) is 0.0412. The van der Waals surface area contributed by atoms with E-state index in [1.54, 1.807) is 14.1 Å². The van der Waals surface area contributed by atoms with Crippen molar-refractivity contribution >= 4 is 0 Å². The second-order valence-corrected chi connectivity index (χ2v) is 2.74. The van der Waals surface area contributed by atoms with Gasteiger partial charge in [-0.3, -0.25) is 0 Å². The summed E-state index contributed by atoms with van der Waals surface area (Å²) < 4.78 is 34.7. The van der Waals surface area contributed by atoms with Gasteiger partial charge in [-0.15, -0.1) is 0 Å². The Hall–Kier alpha value is 0.204. The van der Waals surface area contributed by atoms with Crippen molar-refractivity contribution in [1.82, 2.24) is 4.90 Å². The zero-order valence-electron chi connectivity index (χ0n) is 6.84. The molecule has 6 heteroatoms. The van der Waals surface area contributed by atoms with Crippen LogP contribution in [-0.2, 0) is 16.5 Å². The fourth-order valence-electron chi connectivity index (χ4n) is 0.753. The predicted octanol–water partition coefficient (Wildman–Crippen LogP) is 0.859. The Bertz CT molecular complexity index is 118. The van der Waals surface area contributed by atoms with E-state index in [9.17, 15) is 13.2 Å². The first kappa shape index (κ1) is 14.7. The van der Waals surface area contributed by atoms with Crippen LogP contribution in [0.1, 0.15) is 6.42 Å². The second-order valence-electron chi connectivity index (χ2n) is 2.74. The van der Waals surface area contributed by atoms with Gasteiger partial charge in [-0.2, -0.15) is 13.2 Å². The topological polar surface area (TPSA) is 23.5 Å². The van der Waals surface area contributed by atoms with Gasteiger partial charge in [0, 0.05) is 23.0 Å². The first-order valence-electron chi connectivity index (χ1n) is 3.21. The molecule has 0 saturated carbocycles. The van der Waals surface area contributed by atoms with Crippen LogP contribution in [0.25, 0.3) is 0 Å². The van der Waals surface area contributed by atoms with Crippen LogP contribution in [0.15, 0.2) is 0 Å². The van der Waals surface area contributed by atoms with Gasteiger partial charge in [-0.05, 0) is 14.1 Å². The molecule has 12 heavy (non-hydrogen) atoms. The van der Waals surface area contributed by atoms with Crippen LogP contribution >= 0.6 is 0 Å². The van der Waals surface area contributed by atoms with Gasteiger partial charge in [0.1, 0.15) is 0 Å². The summed E-state index contributed by atoms with van der Waals surface area (Å²) in [6.07, 6.45) is -6.72. The monoisotopic (exact) mass is 229 g/mol. The number of halogens is 3. The molecule has 0 fully saturated rings. The Morgan fingerprint density at radius 3 is 2.00 bits per heavy atom. The van der Waals surface area contributed by atoms with Crippen molar-refractivity contribution in [2.45, 2.75) is 18.7 Å². The fraction of sp³-hybridized carbons (Fsp3) is 1.00. The van der Waals surface area contributed by atoms with Crippen molar-refractivity contribution in [3.63, 3.8) is 0 Å². The molecular formula is C6H12F3NNiO. The molecule has 0 bridgehead atoms. The van der Waals surface area contributed by atoms with E-state index in [1.807, 2.05) is 0 Å². The molecule has 1 N–H and O–H groups in total. The van der Waals surface area contributed by atoms with E-state index in [0.29, 0.717) is 0 Å². The zero-order valence-corrected chi connectivity index (χ0v) is 7.82. The quantitative estimate of drug-likeness (QED) is 0.726. The van der Waals surface area contributed by atoms with Crippen molar-refractivity contribution in [1.29, 1.82) is 0 Å². The van der Waals surface area contributed by atoms with Gasteiger partial charge in [0.2, 0.25) is 0 Å². The largest absolute Gasteiger partial charge is 0.391 e. The molecule has 0 aromatic heterocycles. The Morgan fingerprint density at radius 1 is 1.33 bits per heavy atom. The molecule has 0 radical (unpaired) electrons. The molecule has 0 spiro atoms. The van der Waals surface area contributed by atoms with Crippen molar-refractivity contribution in [2.75, 3.05) is 20.6 Å². The van der Waals surface area contributed by atoms with Gasteiger partial charge in [0.15, 0.2) is 0 Å². The van der Waals surface area contributed by atoms with Gasteiger partial charge >= 0.3 is 6.18 Å². The van der Waals surface area contributed by atoms with E-state index in [-0.39, 0.29) is 23.0 Å². The summed E-state index contributed by atoms with van der Waals surface area (Å²) in [5, 5.41) is 8.79. The van der Waals surface area contributed by atoms with Crippen molar-refractivity contribution in [2.24, 2.45) is 0 Å². The standard InChI is InChI=1S/C6H12F3NO.Ni/c1-10(2)4-5(11)3-6(7,8)9;/h5,11H,3-4H2,1-2H3;. The summed E-state index contributed by atoms with van der Waals surface area (Å²) in [7, 11) is 3.22. The predicted molar refractivity (Wildman–Crippen MR) is 35.2 cm³/mol. The van der Waals surface area contributed by atoms with Crippen molar-refractivity contribution in [3.05, 3.63) is 0 Å². The summed E-state index contributed by atoms with van der Waals surface area (Å²) >= 11 is 0. The number of aliphatic hydroxyl groups excluding tert-OH is 1. The molecule has 0 saturated heterocycles. The molecular weight excluding hydrogens is 218 g/mol. The maximum Gasteiger partial charge on any atom is 0.391 e. The third kappa shape index (κ3) is 10.2. The maximum atomic E-state index is 11.6. The zero-order chi connectivity index (χ0) is 9.07. The van der Waals surface area contributed by atoms with Gasteiger partial charge in [-0.1, -0.05) is 0 Å². The van der Waals surface area contributed by atoms with E-state index in [2.05, 4.69) is 0 Å². The Kier molecular flexibility index (Phi) is 7.09. The number of hydrogen-bond acceptors (Lipinski definition) is 2. The maximum absolute atomic E-state index is 11.6. The van der Waals surface area contributed by atoms with E-state index < -0.39 is 18.7 Å². The van der Waals surface area contributed by atoms with Crippen LogP contribution in [0.3, 0.4) is 0 Å². The molecule has 2 nitrogen and oxygen atoms in total. The Balaban J connectivity index is 0. The molecule has 0 aliphatic carbocycles. The first-order chi connectivity index (χ1) is 4.81.